The summed E-state index contributed by atoms with van der Waals surface area (Å²) >= 11 is 0. The van der Waals surface area contributed by atoms with Crippen LogP contribution in [-0.2, 0) is 0 Å². The van der Waals surface area contributed by atoms with E-state index in [0.29, 0.717) is 0 Å². The molecule has 0 fully saturated rings. The van der Waals surface area contributed by atoms with E-state index in [2.05, 4.69) is 19.8 Å². The van der Waals surface area contributed by atoms with Gasteiger partial charge in [0.25, 0.3) is 0 Å². The lowest BCUT2D eigenvalue weighted by atomic mass is 10.1. The summed E-state index contributed by atoms with van der Waals surface area (Å²) in [5, 5.41) is 0. The molecule has 56 valence electrons. The molecule has 0 unspecified atom stereocenters. The second kappa shape index (κ2) is 6.42. The van der Waals surface area contributed by atoms with Crippen LogP contribution < -0.4 is 0 Å². The molecule has 0 aromatic rings. The van der Waals surface area contributed by atoms with Crippen molar-refractivity contribution in [3.8, 4) is 12.3 Å². The molecule has 0 aromatic carbocycles. The number of terminal acetylenes is 1. The second-order valence-electron chi connectivity index (χ2n) is 2.61. The Bertz CT molecular complexity index is 135. The fraction of sp³-hybridized carbons (Fsp3) is 0.600. The molecule has 0 rings (SSSR count). The molecule has 0 saturated heterocycles. The predicted octanol–water partition coefficient (Wildman–Crippen LogP) is 3.15. The van der Waals surface area contributed by atoms with Crippen molar-refractivity contribution in [2.45, 2.75) is 39.5 Å². The van der Waals surface area contributed by atoms with Gasteiger partial charge in [0.2, 0.25) is 0 Å². The van der Waals surface area contributed by atoms with Crippen LogP contribution >= 0.6 is 0 Å². The molecule has 0 heteroatoms. The van der Waals surface area contributed by atoms with E-state index < -0.39 is 0 Å². The Labute approximate surface area is 64.3 Å². The fourth-order valence-electron chi connectivity index (χ4n) is 0.868. The molecule has 0 heterocycles. The van der Waals surface area contributed by atoms with Gasteiger partial charge in [-0.25, -0.2) is 0 Å². The van der Waals surface area contributed by atoms with Gasteiger partial charge in [-0.15, -0.1) is 6.42 Å². The lowest BCUT2D eigenvalue weighted by Gasteiger charge is -1.96. The first-order chi connectivity index (χ1) is 4.81. The highest BCUT2D eigenvalue weighted by molar-refractivity contribution is 5.15. The Morgan fingerprint density at radius 2 is 2.20 bits per heavy atom. The van der Waals surface area contributed by atoms with E-state index in [1.807, 2.05) is 6.08 Å². The summed E-state index contributed by atoms with van der Waals surface area (Å²) in [5.41, 5.74) is 1.33. The van der Waals surface area contributed by atoms with Crippen molar-refractivity contribution in [2.75, 3.05) is 0 Å². The minimum absolute atomic E-state index is 1.16. The molecule has 0 radical (unpaired) electrons. The highest BCUT2D eigenvalue weighted by Crippen LogP contribution is 2.06. The predicted molar refractivity (Wildman–Crippen MR) is 46.7 cm³/mol. The monoisotopic (exact) mass is 136 g/mol. The maximum Gasteiger partial charge on any atom is -0.0132 e. The maximum atomic E-state index is 5.11. The molecule has 0 amide bonds. The van der Waals surface area contributed by atoms with Crippen molar-refractivity contribution >= 4 is 0 Å². The summed E-state index contributed by atoms with van der Waals surface area (Å²) < 4.78 is 0. The Morgan fingerprint density at radius 1 is 1.50 bits per heavy atom. The lowest BCUT2D eigenvalue weighted by Crippen LogP contribution is -1.77. The minimum atomic E-state index is 1.16. The third kappa shape index (κ3) is 5.44. The first-order valence-corrected chi connectivity index (χ1v) is 3.93. The van der Waals surface area contributed by atoms with Gasteiger partial charge in [0, 0.05) is 0 Å². The van der Waals surface area contributed by atoms with Gasteiger partial charge in [-0.3, -0.25) is 0 Å². The quantitative estimate of drug-likeness (QED) is 0.411. The van der Waals surface area contributed by atoms with Gasteiger partial charge < -0.3 is 0 Å². The highest BCUT2D eigenvalue weighted by Gasteiger charge is 1.87. The third-order valence-electron chi connectivity index (χ3n) is 1.50. The Kier molecular flexibility index (Phi) is 5.97. The van der Waals surface area contributed by atoms with E-state index in [1.165, 1.54) is 24.8 Å². The van der Waals surface area contributed by atoms with E-state index in [1.54, 1.807) is 0 Å². The molecular formula is C10H16. The zero-order valence-electron chi connectivity index (χ0n) is 6.98. The number of unbranched alkanes of at least 4 members (excludes halogenated alkanes) is 2. The third-order valence-corrected chi connectivity index (χ3v) is 1.50. The summed E-state index contributed by atoms with van der Waals surface area (Å²) in [4.78, 5) is 0. The second-order valence-corrected chi connectivity index (χ2v) is 2.61. The number of allylic oxidation sites excluding steroid dienone is 2. The van der Waals surface area contributed by atoms with E-state index in [9.17, 15) is 0 Å². The van der Waals surface area contributed by atoms with Crippen LogP contribution in [0.5, 0.6) is 0 Å². The number of hydrogen-bond donors (Lipinski definition) is 0. The summed E-state index contributed by atoms with van der Waals surface area (Å²) in [6.45, 7) is 4.30. The van der Waals surface area contributed by atoms with Crippen molar-refractivity contribution in [1.29, 1.82) is 0 Å². The molecule has 0 aliphatic rings. The molecule has 0 bridgehead atoms. The SMILES string of the molecule is C#CC=C(C)CCCCC. The zero-order valence-corrected chi connectivity index (χ0v) is 6.98. The molecule has 10 heavy (non-hydrogen) atoms. The summed E-state index contributed by atoms with van der Waals surface area (Å²) in [7, 11) is 0. The summed E-state index contributed by atoms with van der Waals surface area (Å²) in [6.07, 6.45) is 12.0. The van der Waals surface area contributed by atoms with E-state index in [4.69, 9.17) is 6.42 Å². The van der Waals surface area contributed by atoms with E-state index >= 15 is 0 Å². The van der Waals surface area contributed by atoms with Gasteiger partial charge in [0.1, 0.15) is 0 Å². The summed E-state index contributed by atoms with van der Waals surface area (Å²) in [6, 6.07) is 0. The first-order valence-electron chi connectivity index (χ1n) is 3.93. The largest absolute Gasteiger partial charge is 0.115 e. The molecule has 0 atom stereocenters. The van der Waals surface area contributed by atoms with Gasteiger partial charge in [0.05, 0.1) is 0 Å². The molecule has 0 nitrogen and oxygen atoms in total. The average Bonchev–Trinajstić information content (AvgIpc) is 1.89. The smallest absolute Gasteiger partial charge is 0.0132 e. The zero-order chi connectivity index (χ0) is 7.82. The van der Waals surface area contributed by atoms with Gasteiger partial charge in [-0.1, -0.05) is 31.3 Å². The molecule has 0 spiro atoms. The van der Waals surface area contributed by atoms with Crippen molar-refractivity contribution < 1.29 is 0 Å². The van der Waals surface area contributed by atoms with Crippen LogP contribution in [0, 0.1) is 12.3 Å². The lowest BCUT2D eigenvalue weighted by molar-refractivity contribution is 0.713. The van der Waals surface area contributed by atoms with E-state index in [0.717, 1.165) is 6.42 Å². The van der Waals surface area contributed by atoms with Crippen molar-refractivity contribution in [3.05, 3.63) is 11.6 Å². The Balaban J connectivity index is 3.32. The molecule has 0 aliphatic heterocycles. The van der Waals surface area contributed by atoms with Gasteiger partial charge in [0.15, 0.2) is 0 Å². The van der Waals surface area contributed by atoms with Crippen molar-refractivity contribution in [2.24, 2.45) is 0 Å². The van der Waals surface area contributed by atoms with Crippen LogP contribution in [0.25, 0.3) is 0 Å². The van der Waals surface area contributed by atoms with Crippen LogP contribution in [-0.4, -0.2) is 0 Å². The molecule has 0 aliphatic carbocycles. The normalized spacial score (nSPS) is 11.1. The van der Waals surface area contributed by atoms with Crippen LogP contribution in [0.2, 0.25) is 0 Å². The standard InChI is InChI=1S/C10H16/c1-4-6-7-9-10(3)8-5-2/h2,8H,4,6-7,9H2,1,3H3. The Morgan fingerprint density at radius 3 is 2.70 bits per heavy atom. The molecule has 0 saturated carbocycles. The Hall–Kier alpha value is -0.700. The number of hydrogen-bond acceptors (Lipinski definition) is 0. The van der Waals surface area contributed by atoms with Crippen LogP contribution in [0.4, 0.5) is 0 Å². The van der Waals surface area contributed by atoms with Crippen molar-refractivity contribution in [3.63, 3.8) is 0 Å². The fourth-order valence-corrected chi connectivity index (χ4v) is 0.868. The van der Waals surface area contributed by atoms with Gasteiger partial charge in [-0.2, -0.15) is 0 Å². The average molecular weight is 136 g/mol. The maximum absolute atomic E-state index is 5.11. The molecular weight excluding hydrogens is 120 g/mol. The highest BCUT2D eigenvalue weighted by atomic mass is 13.9. The number of rotatable bonds is 4. The minimum Gasteiger partial charge on any atom is -0.115 e. The van der Waals surface area contributed by atoms with Crippen LogP contribution in [0.1, 0.15) is 39.5 Å². The van der Waals surface area contributed by atoms with E-state index in [-0.39, 0.29) is 0 Å². The van der Waals surface area contributed by atoms with Crippen LogP contribution in [0.3, 0.4) is 0 Å². The topological polar surface area (TPSA) is 0 Å². The molecule has 0 aromatic heterocycles. The van der Waals surface area contributed by atoms with Crippen molar-refractivity contribution in [1.82, 2.24) is 0 Å². The molecule has 0 N–H and O–H groups in total. The van der Waals surface area contributed by atoms with Gasteiger partial charge in [-0.05, 0) is 25.8 Å². The van der Waals surface area contributed by atoms with Crippen LogP contribution in [0.15, 0.2) is 11.6 Å². The summed E-state index contributed by atoms with van der Waals surface area (Å²) in [5.74, 6) is 2.53. The first kappa shape index (κ1) is 9.30. The van der Waals surface area contributed by atoms with Gasteiger partial charge >= 0.3 is 0 Å².